The van der Waals surface area contributed by atoms with Gasteiger partial charge in [0, 0.05) is 46.4 Å². The van der Waals surface area contributed by atoms with Crippen LogP contribution in [-0.4, -0.2) is 58.1 Å². The van der Waals surface area contributed by atoms with Crippen molar-refractivity contribution < 1.29 is 9.53 Å². The molecule has 2 N–H and O–H groups in total. The number of nitrogens with zero attached hydrogens (tertiary/aromatic N) is 2. The van der Waals surface area contributed by atoms with Gasteiger partial charge in [-0.1, -0.05) is 36.6 Å². The molecule has 1 aromatic carbocycles. The van der Waals surface area contributed by atoms with E-state index in [0.29, 0.717) is 24.1 Å². The number of guanidine groups is 1. The van der Waals surface area contributed by atoms with Gasteiger partial charge >= 0.3 is 0 Å². The van der Waals surface area contributed by atoms with Crippen LogP contribution in [0.4, 0.5) is 0 Å². The number of halogens is 1. The lowest BCUT2D eigenvalue weighted by molar-refractivity contribution is -0.138. The van der Waals surface area contributed by atoms with Gasteiger partial charge in [-0.25, -0.2) is 0 Å². The Morgan fingerprint density at radius 3 is 2.59 bits per heavy atom. The number of hydrogen-bond donors (Lipinski definition) is 2. The van der Waals surface area contributed by atoms with Crippen molar-refractivity contribution >= 4 is 23.5 Å². The number of methoxy groups -OCH3 is 1. The van der Waals surface area contributed by atoms with Gasteiger partial charge in [0.2, 0.25) is 5.91 Å². The first-order valence-electron chi connectivity index (χ1n) is 9.36. The molecule has 0 saturated heterocycles. The molecule has 6 nitrogen and oxygen atoms in total. The van der Waals surface area contributed by atoms with Crippen molar-refractivity contribution in [1.29, 1.82) is 0 Å². The quantitative estimate of drug-likeness (QED) is 0.551. The van der Waals surface area contributed by atoms with E-state index in [1.165, 1.54) is 0 Å². The Hall–Kier alpha value is -1.79. The zero-order valence-electron chi connectivity index (χ0n) is 16.7. The second-order valence-corrected chi connectivity index (χ2v) is 7.71. The molecule has 1 aromatic rings. The Bertz CT molecular complexity index is 657. The summed E-state index contributed by atoms with van der Waals surface area (Å²) in [5.41, 5.74) is 0.664. The van der Waals surface area contributed by atoms with Crippen molar-refractivity contribution in [3.63, 3.8) is 0 Å². The smallest absolute Gasteiger partial charge is 0.230 e. The van der Waals surface area contributed by atoms with E-state index in [1.807, 2.05) is 38.4 Å². The molecule has 1 aliphatic carbocycles. The van der Waals surface area contributed by atoms with Gasteiger partial charge in [-0.2, -0.15) is 0 Å². The van der Waals surface area contributed by atoms with E-state index < -0.39 is 0 Å². The van der Waals surface area contributed by atoms with Crippen LogP contribution in [0.5, 0.6) is 0 Å². The molecule has 1 unspecified atom stereocenters. The van der Waals surface area contributed by atoms with Crippen LogP contribution >= 0.6 is 11.6 Å². The maximum Gasteiger partial charge on any atom is 0.230 e. The van der Waals surface area contributed by atoms with Crippen molar-refractivity contribution in [2.24, 2.45) is 10.4 Å². The lowest BCUT2D eigenvalue weighted by atomic mass is 9.84. The lowest BCUT2D eigenvalue weighted by Crippen LogP contribution is -2.49. The summed E-state index contributed by atoms with van der Waals surface area (Å²) >= 11 is 6.08. The standard InChI is InChI=1S/C20H31ClN4O2/c1-22-19(23-13-17(27-4)15-8-7-9-16(21)12-15)24-14-20(10-5-6-11-20)18(26)25(2)3/h7-9,12,17H,5-6,10-11,13-14H2,1-4H3,(H2,22,23,24). The topological polar surface area (TPSA) is 66.0 Å². The van der Waals surface area contributed by atoms with Crippen LogP contribution < -0.4 is 10.6 Å². The molecule has 0 radical (unpaired) electrons. The predicted octanol–water partition coefficient (Wildman–Crippen LogP) is 2.84. The first-order valence-corrected chi connectivity index (χ1v) is 9.74. The lowest BCUT2D eigenvalue weighted by Gasteiger charge is -2.31. The average Bonchev–Trinajstić information content (AvgIpc) is 3.14. The molecular weight excluding hydrogens is 364 g/mol. The molecule has 1 amide bonds. The van der Waals surface area contributed by atoms with E-state index in [4.69, 9.17) is 16.3 Å². The van der Waals surface area contributed by atoms with Crippen LogP contribution in [0.2, 0.25) is 5.02 Å². The summed E-state index contributed by atoms with van der Waals surface area (Å²) in [6.45, 7) is 1.13. The van der Waals surface area contributed by atoms with E-state index in [-0.39, 0.29) is 17.4 Å². The van der Waals surface area contributed by atoms with Gasteiger partial charge in [0.15, 0.2) is 5.96 Å². The molecule has 0 aromatic heterocycles. The van der Waals surface area contributed by atoms with Gasteiger partial charge in [-0.15, -0.1) is 0 Å². The van der Waals surface area contributed by atoms with Crippen LogP contribution in [0.15, 0.2) is 29.3 Å². The molecule has 0 bridgehead atoms. The highest BCUT2D eigenvalue weighted by Crippen LogP contribution is 2.38. The second-order valence-electron chi connectivity index (χ2n) is 7.27. The fraction of sp³-hybridized carbons (Fsp3) is 0.600. The first kappa shape index (κ1) is 21.5. The number of hydrogen-bond acceptors (Lipinski definition) is 3. The minimum Gasteiger partial charge on any atom is -0.375 e. The molecular formula is C20H31ClN4O2. The summed E-state index contributed by atoms with van der Waals surface area (Å²) in [5.74, 6) is 0.855. The molecule has 27 heavy (non-hydrogen) atoms. The molecule has 0 heterocycles. The summed E-state index contributed by atoms with van der Waals surface area (Å²) in [6.07, 6.45) is 3.86. The Morgan fingerprint density at radius 2 is 2.04 bits per heavy atom. The van der Waals surface area contributed by atoms with Crippen LogP contribution in [0.1, 0.15) is 37.4 Å². The van der Waals surface area contributed by atoms with Gasteiger partial charge in [0.1, 0.15) is 0 Å². The molecule has 0 spiro atoms. The maximum absolute atomic E-state index is 12.7. The average molecular weight is 395 g/mol. The second kappa shape index (κ2) is 9.95. The van der Waals surface area contributed by atoms with Crippen LogP contribution in [0.3, 0.4) is 0 Å². The number of carbonyl (C=O) groups excluding carboxylic acids is 1. The Kier molecular flexibility index (Phi) is 7.92. The van der Waals surface area contributed by atoms with Gasteiger partial charge in [0.05, 0.1) is 11.5 Å². The number of amides is 1. The fourth-order valence-electron chi connectivity index (χ4n) is 3.70. The van der Waals surface area contributed by atoms with Gasteiger partial charge in [-0.05, 0) is 30.5 Å². The van der Waals surface area contributed by atoms with E-state index in [1.54, 1.807) is 19.1 Å². The van der Waals surface area contributed by atoms with Gasteiger partial charge in [0.25, 0.3) is 0 Å². The van der Waals surface area contributed by atoms with E-state index in [2.05, 4.69) is 15.6 Å². The van der Waals surface area contributed by atoms with E-state index in [9.17, 15) is 4.79 Å². The van der Waals surface area contributed by atoms with E-state index >= 15 is 0 Å². The maximum atomic E-state index is 12.7. The largest absolute Gasteiger partial charge is 0.375 e. The Balaban J connectivity index is 1.96. The highest BCUT2D eigenvalue weighted by molar-refractivity contribution is 6.30. The van der Waals surface area contributed by atoms with Crippen LogP contribution in [0, 0.1) is 5.41 Å². The summed E-state index contributed by atoms with van der Waals surface area (Å²) in [4.78, 5) is 18.7. The summed E-state index contributed by atoms with van der Waals surface area (Å²) < 4.78 is 5.59. The third kappa shape index (κ3) is 5.59. The summed E-state index contributed by atoms with van der Waals surface area (Å²) in [7, 11) is 7.05. The van der Waals surface area contributed by atoms with Crippen LogP contribution in [-0.2, 0) is 9.53 Å². The van der Waals surface area contributed by atoms with Crippen molar-refractivity contribution in [3.05, 3.63) is 34.9 Å². The van der Waals surface area contributed by atoms with Crippen molar-refractivity contribution in [2.75, 3.05) is 41.3 Å². The van der Waals surface area contributed by atoms with E-state index in [0.717, 1.165) is 31.2 Å². The molecule has 1 atom stereocenters. The molecule has 7 heteroatoms. The molecule has 1 saturated carbocycles. The first-order chi connectivity index (χ1) is 12.9. The number of carbonyl (C=O) groups is 1. The third-order valence-electron chi connectivity index (χ3n) is 5.20. The molecule has 2 rings (SSSR count). The third-order valence-corrected chi connectivity index (χ3v) is 5.43. The molecule has 0 aliphatic heterocycles. The van der Waals surface area contributed by atoms with Crippen molar-refractivity contribution in [2.45, 2.75) is 31.8 Å². The minimum atomic E-state index is -0.339. The summed E-state index contributed by atoms with van der Waals surface area (Å²) in [6, 6.07) is 7.64. The Labute approximate surface area is 167 Å². The fourth-order valence-corrected chi connectivity index (χ4v) is 3.90. The zero-order valence-corrected chi connectivity index (χ0v) is 17.5. The summed E-state index contributed by atoms with van der Waals surface area (Å²) in [5, 5.41) is 7.32. The van der Waals surface area contributed by atoms with Crippen molar-refractivity contribution in [1.82, 2.24) is 15.5 Å². The molecule has 150 valence electrons. The number of ether oxygens (including phenoxy) is 1. The Morgan fingerprint density at radius 1 is 1.33 bits per heavy atom. The molecule has 1 aliphatic rings. The normalized spacial score (nSPS) is 17.4. The van der Waals surface area contributed by atoms with Gasteiger partial charge < -0.3 is 20.3 Å². The number of nitrogens with one attached hydrogen (secondary N) is 2. The highest BCUT2D eigenvalue weighted by atomic mass is 35.5. The SMILES string of the molecule is CN=C(NCC(OC)c1cccc(Cl)c1)NCC1(C(=O)N(C)C)CCCC1. The zero-order chi connectivity index (χ0) is 19.9. The monoisotopic (exact) mass is 394 g/mol. The predicted molar refractivity (Wildman–Crippen MR) is 110 cm³/mol. The van der Waals surface area contributed by atoms with Gasteiger partial charge in [-0.3, -0.25) is 9.79 Å². The molecule has 1 fully saturated rings. The number of benzene rings is 1. The highest BCUT2D eigenvalue weighted by Gasteiger charge is 2.42. The number of rotatable bonds is 7. The van der Waals surface area contributed by atoms with Crippen LogP contribution in [0.25, 0.3) is 0 Å². The minimum absolute atomic E-state index is 0.147. The number of aliphatic imine (C=N–C) groups is 1. The van der Waals surface area contributed by atoms with Crippen molar-refractivity contribution in [3.8, 4) is 0 Å².